The molecule has 0 unspecified atom stereocenters. The lowest BCUT2D eigenvalue weighted by Gasteiger charge is -2.32. The van der Waals surface area contributed by atoms with Crippen molar-refractivity contribution in [1.29, 1.82) is 0 Å². The van der Waals surface area contributed by atoms with Crippen LogP contribution in [0.15, 0.2) is 24.3 Å². The van der Waals surface area contributed by atoms with Gasteiger partial charge in [0.1, 0.15) is 5.82 Å². The van der Waals surface area contributed by atoms with Gasteiger partial charge in [-0.05, 0) is 37.0 Å². The Hall–Kier alpha value is -1.46. The summed E-state index contributed by atoms with van der Waals surface area (Å²) in [5, 5.41) is 0. The number of carbonyl (C=O) groups is 1. The fourth-order valence-corrected chi connectivity index (χ4v) is 2.32. The normalized spacial score (nSPS) is 18.4. The molecule has 4 nitrogen and oxygen atoms in total. The molecule has 1 heterocycles. The molecule has 0 saturated carbocycles. The number of hydrogen-bond donors (Lipinski definition) is 2. The number of benzene rings is 1. The Balaban J connectivity index is 1.90. The van der Waals surface area contributed by atoms with Crippen LogP contribution in [-0.2, 0) is 11.2 Å². The molecule has 4 N–H and O–H groups in total. The van der Waals surface area contributed by atoms with Crippen LogP contribution in [0.4, 0.5) is 4.39 Å². The van der Waals surface area contributed by atoms with E-state index in [0.29, 0.717) is 19.5 Å². The molecule has 1 aromatic rings. The number of piperidine rings is 1. The summed E-state index contributed by atoms with van der Waals surface area (Å²) in [7, 11) is 0. The van der Waals surface area contributed by atoms with Gasteiger partial charge >= 0.3 is 0 Å². The lowest BCUT2D eigenvalue weighted by Crippen LogP contribution is -2.49. The summed E-state index contributed by atoms with van der Waals surface area (Å²) in [6, 6.07) is 5.71. The van der Waals surface area contributed by atoms with Gasteiger partial charge in [-0.2, -0.15) is 0 Å². The molecule has 1 aliphatic heterocycles. The second kappa shape index (κ2) is 6.12. The van der Waals surface area contributed by atoms with Crippen LogP contribution in [0, 0.1) is 5.82 Å². The van der Waals surface area contributed by atoms with E-state index in [2.05, 4.69) is 0 Å². The van der Waals surface area contributed by atoms with Crippen LogP contribution >= 0.6 is 0 Å². The summed E-state index contributed by atoms with van der Waals surface area (Å²) in [4.78, 5) is 13.9. The molecule has 0 spiro atoms. The average molecular weight is 265 g/mol. The lowest BCUT2D eigenvalue weighted by atomic mass is 10.0. The first kappa shape index (κ1) is 14.0. The molecule has 0 bridgehead atoms. The van der Waals surface area contributed by atoms with E-state index >= 15 is 0 Å². The fourth-order valence-electron chi connectivity index (χ4n) is 2.32. The molecule has 2 rings (SSSR count). The fraction of sp³-hybridized carbons (Fsp3) is 0.500. The van der Waals surface area contributed by atoms with E-state index in [9.17, 15) is 9.18 Å². The number of nitrogens with two attached hydrogens (primary N) is 2. The van der Waals surface area contributed by atoms with Crippen molar-refractivity contribution in [3.8, 4) is 0 Å². The highest BCUT2D eigenvalue weighted by molar-refractivity contribution is 5.82. The number of rotatable bonds is 3. The molecule has 1 atom stereocenters. The second-order valence-corrected chi connectivity index (χ2v) is 5.10. The zero-order valence-corrected chi connectivity index (χ0v) is 10.9. The second-order valence-electron chi connectivity index (χ2n) is 5.10. The van der Waals surface area contributed by atoms with Gasteiger partial charge in [0.05, 0.1) is 6.04 Å². The van der Waals surface area contributed by atoms with Crippen LogP contribution in [0.3, 0.4) is 0 Å². The molecule has 1 fully saturated rings. The third-order valence-electron chi connectivity index (χ3n) is 3.54. The summed E-state index contributed by atoms with van der Waals surface area (Å²) in [6.07, 6.45) is 2.09. The summed E-state index contributed by atoms with van der Waals surface area (Å²) in [5.41, 5.74) is 12.6. The molecule has 0 aliphatic carbocycles. The van der Waals surface area contributed by atoms with E-state index in [1.165, 1.54) is 12.1 Å². The number of amides is 1. The monoisotopic (exact) mass is 265 g/mol. The molecular weight excluding hydrogens is 245 g/mol. The van der Waals surface area contributed by atoms with Gasteiger partial charge in [0.15, 0.2) is 0 Å². The number of carbonyl (C=O) groups excluding carboxylic acids is 1. The summed E-state index contributed by atoms with van der Waals surface area (Å²) < 4.78 is 12.8. The van der Waals surface area contributed by atoms with Crippen LogP contribution in [0.5, 0.6) is 0 Å². The minimum atomic E-state index is -0.570. The maximum Gasteiger partial charge on any atom is 0.239 e. The van der Waals surface area contributed by atoms with Crippen molar-refractivity contribution in [2.75, 3.05) is 13.1 Å². The highest BCUT2D eigenvalue weighted by atomic mass is 19.1. The molecule has 1 aliphatic rings. The van der Waals surface area contributed by atoms with Gasteiger partial charge in [0.2, 0.25) is 5.91 Å². The molecule has 104 valence electrons. The summed E-state index contributed by atoms with van der Waals surface area (Å²) >= 11 is 0. The summed E-state index contributed by atoms with van der Waals surface area (Å²) in [6.45, 7) is 1.36. The first-order valence-corrected chi connectivity index (χ1v) is 6.60. The summed E-state index contributed by atoms with van der Waals surface area (Å²) in [5.74, 6) is -0.329. The molecule has 1 aromatic carbocycles. The molecule has 1 saturated heterocycles. The third-order valence-corrected chi connectivity index (χ3v) is 3.54. The van der Waals surface area contributed by atoms with Gasteiger partial charge in [-0.15, -0.1) is 0 Å². The van der Waals surface area contributed by atoms with Crippen LogP contribution in [-0.4, -0.2) is 36.0 Å². The predicted octanol–water partition coefficient (Wildman–Crippen LogP) is 0.645. The number of halogens is 1. The highest BCUT2D eigenvalue weighted by Crippen LogP contribution is 2.11. The Morgan fingerprint density at radius 3 is 2.47 bits per heavy atom. The maximum atomic E-state index is 12.8. The lowest BCUT2D eigenvalue weighted by molar-refractivity contribution is -0.133. The van der Waals surface area contributed by atoms with Crippen molar-refractivity contribution in [1.82, 2.24) is 4.90 Å². The van der Waals surface area contributed by atoms with Gasteiger partial charge in [0, 0.05) is 19.1 Å². The molecule has 0 aromatic heterocycles. The third kappa shape index (κ3) is 3.75. The molecule has 19 heavy (non-hydrogen) atoms. The van der Waals surface area contributed by atoms with E-state index in [-0.39, 0.29) is 17.8 Å². The first-order chi connectivity index (χ1) is 9.06. The van der Waals surface area contributed by atoms with Crippen LogP contribution in [0.25, 0.3) is 0 Å². The first-order valence-electron chi connectivity index (χ1n) is 6.60. The Morgan fingerprint density at radius 1 is 1.32 bits per heavy atom. The van der Waals surface area contributed by atoms with E-state index < -0.39 is 6.04 Å². The Kier molecular flexibility index (Phi) is 4.50. The maximum absolute atomic E-state index is 12.8. The van der Waals surface area contributed by atoms with Gasteiger partial charge in [0.25, 0.3) is 0 Å². The number of likely N-dealkylation sites (tertiary alicyclic amines) is 1. The van der Waals surface area contributed by atoms with Crippen LogP contribution in [0.1, 0.15) is 18.4 Å². The van der Waals surface area contributed by atoms with E-state index in [1.54, 1.807) is 17.0 Å². The van der Waals surface area contributed by atoms with Gasteiger partial charge in [-0.1, -0.05) is 12.1 Å². The van der Waals surface area contributed by atoms with Gasteiger partial charge in [-0.25, -0.2) is 4.39 Å². The topological polar surface area (TPSA) is 72.3 Å². The molecular formula is C14H20FN3O. The van der Waals surface area contributed by atoms with Crippen LogP contribution in [0.2, 0.25) is 0 Å². The quantitative estimate of drug-likeness (QED) is 0.842. The SMILES string of the molecule is NC1CCN(C(=O)[C@@H](N)Cc2ccc(F)cc2)CC1. The van der Waals surface area contributed by atoms with Crippen molar-refractivity contribution in [3.63, 3.8) is 0 Å². The van der Waals surface area contributed by atoms with E-state index in [0.717, 1.165) is 18.4 Å². The smallest absolute Gasteiger partial charge is 0.239 e. The molecule has 0 radical (unpaired) electrons. The highest BCUT2D eigenvalue weighted by Gasteiger charge is 2.24. The van der Waals surface area contributed by atoms with E-state index in [4.69, 9.17) is 11.5 Å². The standard InChI is InChI=1S/C14H20FN3O/c15-11-3-1-10(2-4-11)9-13(17)14(19)18-7-5-12(16)6-8-18/h1-4,12-13H,5-9,16-17H2/t13-/m0/s1. The number of hydrogen-bond acceptors (Lipinski definition) is 3. The van der Waals surface area contributed by atoms with Gasteiger partial charge < -0.3 is 16.4 Å². The van der Waals surface area contributed by atoms with Crippen molar-refractivity contribution >= 4 is 5.91 Å². The van der Waals surface area contributed by atoms with E-state index in [1.807, 2.05) is 0 Å². The Bertz CT molecular complexity index is 427. The molecule has 5 heteroatoms. The average Bonchev–Trinajstić information content (AvgIpc) is 2.41. The minimum Gasteiger partial charge on any atom is -0.341 e. The van der Waals surface area contributed by atoms with Crippen molar-refractivity contribution in [2.45, 2.75) is 31.3 Å². The molecule has 1 amide bonds. The predicted molar refractivity (Wildman–Crippen MR) is 71.9 cm³/mol. The van der Waals surface area contributed by atoms with Crippen molar-refractivity contribution < 1.29 is 9.18 Å². The largest absolute Gasteiger partial charge is 0.341 e. The van der Waals surface area contributed by atoms with Crippen molar-refractivity contribution in [3.05, 3.63) is 35.6 Å². The minimum absolute atomic E-state index is 0.0452. The van der Waals surface area contributed by atoms with Crippen molar-refractivity contribution in [2.24, 2.45) is 11.5 Å². The van der Waals surface area contributed by atoms with Gasteiger partial charge in [-0.3, -0.25) is 4.79 Å². The van der Waals surface area contributed by atoms with Crippen LogP contribution < -0.4 is 11.5 Å². The Labute approximate surface area is 112 Å². The zero-order chi connectivity index (χ0) is 13.8. The Morgan fingerprint density at radius 2 is 1.89 bits per heavy atom. The zero-order valence-electron chi connectivity index (χ0n) is 10.9. The number of nitrogens with zero attached hydrogens (tertiary/aromatic N) is 1.